The molecular formula is C26H26F4N6O2. The predicted octanol–water partition coefficient (Wildman–Crippen LogP) is 4.70. The maximum absolute atomic E-state index is 13.9. The number of hydrogen-bond donors (Lipinski definition) is 2. The number of amides is 2. The fourth-order valence-electron chi connectivity index (χ4n) is 5.95. The highest BCUT2D eigenvalue weighted by atomic mass is 19.4. The smallest absolute Gasteiger partial charge is 0.402 e. The Balaban J connectivity index is 1.20. The van der Waals surface area contributed by atoms with Gasteiger partial charge in [-0.2, -0.15) is 5.10 Å². The minimum atomic E-state index is -4.89. The number of aryl methyl sites for hydroxylation is 1. The molecule has 38 heavy (non-hydrogen) atoms. The molecule has 1 spiro atoms. The second-order valence-electron chi connectivity index (χ2n) is 10.4. The third-order valence-corrected chi connectivity index (χ3v) is 8.10. The van der Waals surface area contributed by atoms with Crippen molar-refractivity contribution in [2.24, 2.45) is 0 Å². The van der Waals surface area contributed by atoms with E-state index >= 15 is 0 Å². The van der Waals surface area contributed by atoms with Crippen molar-refractivity contribution in [1.29, 1.82) is 0 Å². The van der Waals surface area contributed by atoms with Gasteiger partial charge in [-0.25, -0.2) is 14.2 Å². The zero-order valence-corrected chi connectivity index (χ0v) is 20.4. The number of benzene rings is 1. The van der Waals surface area contributed by atoms with E-state index in [1.165, 1.54) is 24.4 Å². The molecule has 1 saturated heterocycles. The fraction of sp³-hybridized carbons (Fsp3) is 0.423. The maximum Gasteiger partial charge on any atom is 0.573 e. The Bertz CT molecular complexity index is 1400. The molecule has 3 aliphatic rings. The normalized spacial score (nSPS) is 21.8. The first-order valence-corrected chi connectivity index (χ1v) is 12.5. The van der Waals surface area contributed by atoms with Gasteiger partial charge >= 0.3 is 12.4 Å². The summed E-state index contributed by atoms with van der Waals surface area (Å²) in [5.41, 5.74) is 7.22. The highest BCUT2D eigenvalue weighted by Gasteiger charge is 2.48. The third-order valence-electron chi connectivity index (χ3n) is 8.10. The van der Waals surface area contributed by atoms with Gasteiger partial charge in [-0.05, 0) is 61.9 Å². The van der Waals surface area contributed by atoms with E-state index < -0.39 is 17.7 Å². The molecule has 0 bridgehead atoms. The van der Waals surface area contributed by atoms with Gasteiger partial charge in [-0.3, -0.25) is 4.68 Å². The average molecular weight is 531 g/mol. The van der Waals surface area contributed by atoms with Crippen molar-refractivity contribution in [3.63, 3.8) is 0 Å². The number of urea groups is 1. The molecule has 0 unspecified atom stereocenters. The molecule has 6 rings (SSSR count). The van der Waals surface area contributed by atoms with Crippen LogP contribution in [0.5, 0.6) is 5.75 Å². The number of carbonyl (C=O) groups is 1. The molecular weight excluding hydrogens is 504 g/mol. The van der Waals surface area contributed by atoms with Crippen molar-refractivity contribution in [1.82, 2.24) is 25.0 Å². The van der Waals surface area contributed by atoms with Crippen molar-refractivity contribution in [2.45, 2.75) is 56.0 Å². The van der Waals surface area contributed by atoms with Gasteiger partial charge in [0.05, 0.1) is 11.2 Å². The largest absolute Gasteiger partial charge is 0.573 e. The van der Waals surface area contributed by atoms with E-state index in [4.69, 9.17) is 5.73 Å². The number of nitrogen functional groups attached to an aromatic ring is 1. The first-order valence-electron chi connectivity index (χ1n) is 12.5. The van der Waals surface area contributed by atoms with Crippen LogP contribution < -0.4 is 15.8 Å². The molecule has 4 heterocycles. The average Bonchev–Trinajstić information content (AvgIpc) is 3.54. The second-order valence-corrected chi connectivity index (χ2v) is 10.4. The van der Waals surface area contributed by atoms with Crippen LogP contribution in [0.15, 0.2) is 42.6 Å². The molecule has 3 N–H and O–H groups in total. The number of nitrogens with one attached hydrogen (secondary N) is 1. The Morgan fingerprint density at radius 3 is 2.61 bits per heavy atom. The van der Waals surface area contributed by atoms with Crippen molar-refractivity contribution in [3.05, 3.63) is 59.7 Å². The van der Waals surface area contributed by atoms with Crippen molar-refractivity contribution < 1.29 is 27.1 Å². The lowest BCUT2D eigenvalue weighted by atomic mass is 9.72. The molecule has 2 aliphatic heterocycles. The summed E-state index contributed by atoms with van der Waals surface area (Å²) in [5, 5.41) is 7.77. The molecule has 12 heteroatoms. The highest BCUT2D eigenvalue weighted by molar-refractivity contribution is 5.76. The van der Waals surface area contributed by atoms with E-state index in [1.54, 1.807) is 11.0 Å². The topological polar surface area (TPSA) is 98.3 Å². The molecule has 2 aromatic heterocycles. The molecule has 3 aromatic rings. The second kappa shape index (κ2) is 8.60. The van der Waals surface area contributed by atoms with Gasteiger partial charge in [0.15, 0.2) is 11.6 Å². The molecule has 1 aliphatic carbocycles. The van der Waals surface area contributed by atoms with E-state index in [0.29, 0.717) is 30.9 Å². The van der Waals surface area contributed by atoms with Crippen LogP contribution in [0.2, 0.25) is 0 Å². The van der Waals surface area contributed by atoms with Gasteiger partial charge in [-0.15, -0.1) is 13.2 Å². The monoisotopic (exact) mass is 530 g/mol. The van der Waals surface area contributed by atoms with E-state index in [2.05, 4.69) is 20.1 Å². The van der Waals surface area contributed by atoms with Crippen molar-refractivity contribution in [3.8, 4) is 17.0 Å². The van der Waals surface area contributed by atoms with Gasteiger partial charge in [0.2, 0.25) is 0 Å². The Labute approximate surface area is 215 Å². The number of pyridine rings is 1. The first-order chi connectivity index (χ1) is 18.1. The number of nitrogens with zero attached hydrogens (tertiary/aromatic N) is 4. The summed E-state index contributed by atoms with van der Waals surface area (Å²) in [6, 6.07) is 9.23. The van der Waals surface area contributed by atoms with Crippen LogP contribution in [-0.2, 0) is 17.5 Å². The zero-order chi connectivity index (χ0) is 26.7. The Kier molecular flexibility index (Phi) is 5.55. The zero-order valence-electron chi connectivity index (χ0n) is 20.4. The number of fused-ring (bicyclic) bond motifs is 2. The fourth-order valence-corrected chi connectivity index (χ4v) is 5.95. The molecule has 1 atom stereocenters. The third kappa shape index (κ3) is 4.21. The van der Waals surface area contributed by atoms with E-state index in [-0.39, 0.29) is 23.1 Å². The van der Waals surface area contributed by atoms with Gasteiger partial charge in [0.1, 0.15) is 5.82 Å². The standard InChI is InChI=1S/C26H26F4N6O2/c27-18-4-1-3-17(12-18)25(5-2-6-25)33-23(37)35-9-7-24(15-35)8-10-36-21(24)13-19(34-36)16-11-20(22(31)32-14-16)38-26(28,29)30/h1,3-4,11-14H,2,5-10,15H2,(H2,31,32)(H,33,37)/t24-/m1/s1. The summed E-state index contributed by atoms with van der Waals surface area (Å²) in [7, 11) is 0. The summed E-state index contributed by atoms with van der Waals surface area (Å²) in [4.78, 5) is 19.0. The van der Waals surface area contributed by atoms with Crippen LogP contribution in [0, 0.1) is 5.82 Å². The Morgan fingerprint density at radius 1 is 1.11 bits per heavy atom. The van der Waals surface area contributed by atoms with Gasteiger partial charge in [-0.1, -0.05) is 12.1 Å². The van der Waals surface area contributed by atoms with Crippen molar-refractivity contribution >= 4 is 11.8 Å². The highest BCUT2D eigenvalue weighted by Crippen LogP contribution is 2.45. The molecule has 0 radical (unpaired) electrons. The predicted molar refractivity (Wildman–Crippen MR) is 129 cm³/mol. The number of anilines is 1. The number of nitrogens with two attached hydrogens (primary N) is 1. The van der Waals surface area contributed by atoms with Gasteiger partial charge in [0.25, 0.3) is 0 Å². The molecule has 200 valence electrons. The minimum Gasteiger partial charge on any atom is -0.402 e. The van der Waals surface area contributed by atoms with Crippen LogP contribution in [0.3, 0.4) is 0 Å². The summed E-state index contributed by atoms with van der Waals surface area (Å²) in [5.74, 6) is -1.27. The van der Waals surface area contributed by atoms with Crippen LogP contribution in [0.1, 0.15) is 43.4 Å². The number of carbonyl (C=O) groups excluding carboxylic acids is 1. The first kappa shape index (κ1) is 24.5. The van der Waals surface area contributed by atoms with Crippen LogP contribution >= 0.6 is 0 Å². The summed E-state index contributed by atoms with van der Waals surface area (Å²) in [6.45, 7) is 1.68. The summed E-state index contributed by atoms with van der Waals surface area (Å²) >= 11 is 0. The Hall–Kier alpha value is -3.83. The molecule has 1 aromatic carbocycles. The van der Waals surface area contributed by atoms with E-state index in [1.807, 2.05) is 16.8 Å². The van der Waals surface area contributed by atoms with Crippen LogP contribution in [-0.4, -0.2) is 45.1 Å². The van der Waals surface area contributed by atoms with E-state index in [9.17, 15) is 22.4 Å². The van der Waals surface area contributed by atoms with E-state index in [0.717, 1.165) is 43.4 Å². The number of ether oxygens (including phenoxy) is 1. The quantitative estimate of drug-likeness (QED) is 0.477. The summed E-state index contributed by atoms with van der Waals surface area (Å²) in [6.07, 6.45) is 0.480. The van der Waals surface area contributed by atoms with Gasteiger partial charge < -0.3 is 20.7 Å². The molecule has 8 nitrogen and oxygen atoms in total. The SMILES string of the molecule is Nc1ncc(-c2cc3n(n2)CC[C@@]32CCN(C(=O)NC3(c4cccc(F)c4)CCC3)C2)cc1OC(F)(F)F. The molecule has 2 fully saturated rings. The molecule has 1 saturated carbocycles. The maximum atomic E-state index is 13.9. The number of hydrogen-bond acceptors (Lipinski definition) is 5. The minimum absolute atomic E-state index is 0.180. The lowest BCUT2D eigenvalue weighted by molar-refractivity contribution is -0.274. The molecule has 2 amide bonds. The lowest BCUT2D eigenvalue weighted by Gasteiger charge is -2.44. The van der Waals surface area contributed by atoms with Crippen LogP contribution in [0.25, 0.3) is 11.3 Å². The number of aromatic nitrogens is 3. The number of rotatable bonds is 4. The van der Waals surface area contributed by atoms with Crippen LogP contribution in [0.4, 0.5) is 28.2 Å². The number of alkyl halides is 3. The summed E-state index contributed by atoms with van der Waals surface area (Å²) < 4.78 is 58.0. The van der Waals surface area contributed by atoms with Gasteiger partial charge in [0, 0.05) is 42.5 Å². The Morgan fingerprint density at radius 2 is 1.89 bits per heavy atom. The van der Waals surface area contributed by atoms with Crippen molar-refractivity contribution in [2.75, 3.05) is 18.8 Å². The number of likely N-dealkylation sites (tertiary alicyclic amines) is 1. The lowest BCUT2D eigenvalue weighted by Crippen LogP contribution is -2.54. The number of halogens is 4.